The zero-order valence-electron chi connectivity index (χ0n) is 17.8. The Kier molecular flexibility index (Phi) is 5.20. The van der Waals surface area contributed by atoms with Crippen molar-refractivity contribution in [3.63, 3.8) is 0 Å². The van der Waals surface area contributed by atoms with Crippen LogP contribution in [0.5, 0.6) is 0 Å². The smallest absolute Gasteiger partial charge is 0.269 e. The zero-order chi connectivity index (χ0) is 21.6. The monoisotopic (exact) mass is 426 g/mol. The third-order valence-corrected chi connectivity index (χ3v) is 7.88. The van der Waals surface area contributed by atoms with Crippen LogP contribution < -0.4 is 5.32 Å². The lowest BCUT2D eigenvalue weighted by atomic mass is 9.49. The Morgan fingerprint density at radius 2 is 1.52 bits per heavy atom. The molecule has 8 nitrogen and oxygen atoms in total. The van der Waals surface area contributed by atoms with Gasteiger partial charge in [0.25, 0.3) is 5.69 Å². The number of carbonyl (C=O) groups excluding carboxylic acids is 2. The van der Waals surface area contributed by atoms with Crippen molar-refractivity contribution in [1.29, 1.82) is 0 Å². The van der Waals surface area contributed by atoms with Crippen molar-refractivity contribution >= 4 is 23.2 Å². The Balaban J connectivity index is 1.12. The summed E-state index contributed by atoms with van der Waals surface area (Å²) in [6.07, 6.45) is 7.29. The molecule has 5 fully saturated rings. The van der Waals surface area contributed by atoms with Crippen LogP contribution in [-0.4, -0.2) is 59.3 Å². The molecule has 1 heterocycles. The first-order valence-corrected chi connectivity index (χ1v) is 11.5. The number of anilines is 1. The van der Waals surface area contributed by atoms with Gasteiger partial charge in [-0.05, 0) is 68.4 Å². The Morgan fingerprint density at radius 1 is 0.968 bits per heavy atom. The molecule has 4 saturated carbocycles. The van der Waals surface area contributed by atoms with Crippen LogP contribution in [0.1, 0.15) is 38.5 Å². The second kappa shape index (κ2) is 7.89. The van der Waals surface area contributed by atoms with Gasteiger partial charge in [-0.3, -0.25) is 24.6 Å². The second-order valence-corrected chi connectivity index (χ2v) is 10.1. The largest absolute Gasteiger partial charge is 0.340 e. The SMILES string of the molecule is O=C(CN1CCN(C(=O)C23CC4CC(CC(C4)C2)C3)CC1)Nc1ccc([N+](=O)[O-])cc1. The number of hydrogen-bond donors (Lipinski definition) is 1. The van der Waals surface area contributed by atoms with Crippen LogP contribution in [0.25, 0.3) is 0 Å². The number of nitro benzene ring substituents is 1. The van der Waals surface area contributed by atoms with Crippen LogP contribution in [0.2, 0.25) is 0 Å². The summed E-state index contributed by atoms with van der Waals surface area (Å²) in [5.74, 6) is 2.52. The van der Waals surface area contributed by atoms with Crippen LogP contribution in [0.4, 0.5) is 11.4 Å². The normalized spacial score (nSPS) is 32.1. The summed E-state index contributed by atoms with van der Waals surface area (Å²) in [4.78, 5) is 40.3. The van der Waals surface area contributed by atoms with E-state index in [1.54, 1.807) is 0 Å². The number of piperazine rings is 1. The number of non-ortho nitro benzene ring substituents is 1. The number of benzene rings is 1. The van der Waals surface area contributed by atoms with Crippen LogP contribution >= 0.6 is 0 Å². The van der Waals surface area contributed by atoms with Gasteiger partial charge < -0.3 is 10.2 Å². The molecule has 1 aliphatic heterocycles. The molecule has 5 aliphatic rings. The van der Waals surface area contributed by atoms with Crippen molar-refractivity contribution in [2.75, 3.05) is 38.0 Å². The van der Waals surface area contributed by atoms with Crippen molar-refractivity contribution < 1.29 is 14.5 Å². The first-order valence-electron chi connectivity index (χ1n) is 11.5. The van der Waals surface area contributed by atoms with Gasteiger partial charge in [-0.25, -0.2) is 0 Å². The number of rotatable bonds is 5. The summed E-state index contributed by atoms with van der Waals surface area (Å²) >= 11 is 0. The van der Waals surface area contributed by atoms with E-state index < -0.39 is 4.92 Å². The summed E-state index contributed by atoms with van der Waals surface area (Å²) < 4.78 is 0. The molecule has 6 rings (SSSR count). The van der Waals surface area contributed by atoms with Gasteiger partial charge in [-0.2, -0.15) is 0 Å². The number of nitrogens with zero attached hydrogens (tertiary/aromatic N) is 3. The van der Waals surface area contributed by atoms with Crippen LogP contribution in [0.3, 0.4) is 0 Å². The Bertz CT molecular complexity index is 841. The van der Waals surface area contributed by atoms with E-state index in [2.05, 4.69) is 15.1 Å². The highest BCUT2D eigenvalue weighted by atomic mass is 16.6. The number of nitro groups is 1. The molecule has 0 radical (unpaired) electrons. The fourth-order valence-corrected chi connectivity index (χ4v) is 6.89. The summed E-state index contributed by atoms with van der Waals surface area (Å²) in [6, 6.07) is 5.84. The molecule has 31 heavy (non-hydrogen) atoms. The van der Waals surface area contributed by atoms with Crippen molar-refractivity contribution in [2.45, 2.75) is 38.5 Å². The quantitative estimate of drug-likeness (QED) is 0.577. The van der Waals surface area contributed by atoms with E-state index >= 15 is 0 Å². The molecule has 8 heteroatoms. The number of carbonyl (C=O) groups is 2. The van der Waals surface area contributed by atoms with Crippen LogP contribution in [-0.2, 0) is 9.59 Å². The molecule has 0 atom stereocenters. The Labute approximate surface area is 182 Å². The van der Waals surface area contributed by atoms with Gasteiger partial charge in [0, 0.05) is 44.0 Å². The third kappa shape index (κ3) is 4.05. The standard InChI is InChI=1S/C23H30N4O4/c28-21(24-19-1-3-20(4-2-19)27(30)31)15-25-5-7-26(8-6-25)22(29)23-12-16-9-17(13-23)11-18(10-16)14-23/h1-4,16-18H,5-15H2,(H,24,28). The lowest BCUT2D eigenvalue weighted by molar-refractivity contribution is -0.384. The van der Waals surface area contributed by atoms with E-state index in [1.807, 2.05) is 0 Å². The van der Waals surface area contributed by atoms with E-state index in [9.17, 15) is 19.7 Å². The van der Waals surface area contributed by atoms with E-state index in [4.69, 9.17) is 0 Å². The molecule has 4 aliphatic carbocycles. The molecule has 0 unspecified atom stereocenters. The number of nitrogens with one attached hydrogen (secondary N) is 1. The molecule has 0 spiro atoms. The maximum Gasteiger partial charge on any atom is 0.269 e. The van der Waals surface area contributed by atoms with Crippen LogP contribution in [0, 0.1) is 33.3 Å². The van der Waals surface area contributed by atoms with Crippen LogP contribution in [0.15, 0.2) is 24.3 Å². The van der Waals surface area contributed by atoms with Crippen molar-refractivity contribution in [1.82, 2.24) is 9.80 Å². The van der Waals surface area contributed by atoms with E-state index in [0.717, 1.165) is 37.0 Å². The first-order chi connectivity index (χ1) is 14.9. The highest BCUT2D eigenvalue weighted by molar-refractivity contribution is 5.92. The Morgan fingerprint density at radius 3 is 2.03 bits per heavy atom. The Hall–Kier alpha value is -2.48. The summed E-state index contributed by atoms with van der Waals surface area (Å²) in [6.45, 7) is 3.03. The average molecular weight is 427 g/mol. The fraction of sp³-hybridized carbons (Fsp3) is 0.652. The maximum atomic E-state index is 13.5. The van der Waals surface area contributed by atoms with Gasteiger partial charge in [-0.1, -0.05) is 0 Å². The molecule has 4 bridgehead atoms. The van der Waals surface area contributed by atoms with E-state index in [0.29, 0.717) is 37.8 Å². The van der Waals surface area contributed by atoms with Gasteiger partial charge in [0.1, 0.15) is 0 Å². The summed E-state index contributed by atoms with van der Waals surface area (Å²) in [7, 11) is 0. The average Bonchev–Trinajstić information content (AvgIpc) is 2.73. The first kappa shape index (κ1) is 20.4. The summed E-state index contributed by atoms with van der Waals surface area (Å²) in [5, 5.41) is 13.5. The predicted octanol–water partition coefficient (Wildman–Crippen LogP) is 2.89. The zero-order valence-corrected chi connectivity index (χ0v) is 17.8. The number of hydrogen-bond acceptors (Lipinski definition) is 5. The predicted molar refractivity (Wildman–Crippen MR) is 115 cm³/mol. The molecule has 1 N–H and O–H groups in total. The highest BCUT2D eigenvalue weighted by Crippen LogP contribution is 2.60. The minimum absolute atomic E-state index is 0.00203. The van der Waals surface area contributed by atoms with Gasteiger partial charge in [0.2, 0.25) is 11.8 Å². The minimum atomic E-state index is -0.463. The topological polar surface area (TPSA) is 95.8 Å². The van der Waals surface area contributed by atoms with E-state index in [-0.39, 0.29) is 23.6 Å². The molecule has 1 saturated heterocycles. The van der Waals surface area contributed by atoms with Crippen molar-refractivity contribution in [3.05, 3.63) is 34.4 Å². The molecule has 0 aromatic heterocycles. The molecule has 1 aromatic rings. The fourth-order valence-electron chi connectivity index (χ4n) is 6.89. The molecule has 166 valence electrons. The minimum Gasteiger partial charge on any atom is -0.340 e. The summed E-state index contributed by atoms with van der Waals surface area (Å²) in [5.41, 5.74) is 0.452. The van der Waals surface area contributed by atoms with Crippen molar-refractivity contribution in [2.24, 2.45) is 23.2 Å². The maximum absolute atomic E-state index is 13.5. The number of amides is 2. The van der Waals surface area contributed by atoms with Gasteiger partial charge in [0.05, 0.1) is 16.9 Å². The van der Waals surface area contributed by atoms with Gasteiger partial charge in [0.15, 0.2) is 0 Å². The van der Waals surface area contributed by atoms with E-state index in [1.165, 1.54) is 43.5 Å². The molecule has 1 aromatic carbocycles. The lowest BCUT2D eigenvalue weighted by Gasteiger charge is -2.57. The van der Waals surface area contributed by atoms with Crippen molar-refractivity contribution in [3.8, 4) is 0 Å². The lowest BCUT2D eigenvalue weighted by Crippen LogP contribution is -2.58. The molecular weight excluding hydrogens is 396 g/mol. The second-order valence-electron chi connectivity index (χ2n) is 10.1. The van der Waals surface area contributed by atoms with Gasteiger partial charge in [-0.15, -0.1) is 0 Å². The third-order valence-electron chi connectivity index (χ3n) is 7.88. The highest BCUT2D eigenvalue weighted by Gasteiger charge is 2.55. The molecule has 2 amide bonds. The molecular formula is C23H30N4O4. The van der Waals surface area contributed by atoms with Gasteiger partial charge >= 0.3 is 0 Å².